The van der Waals surface area contributed by atoms with Gasteiger partial charge in [-0.2, -0.15) is 19.0 Å². The summed E-state index contributed by atoms with van der Waals surface area (Å²) in [6, 6.07) is 10.3. The van der Waals surface area contributed by atoms with E-state index in [1.54, 1.807) is 43.6 Å². The summed E-state index contributed by atoms with van der Waals surface area (Å²) in [5, 5.41) is 9.57. The van der Waals surface area contributed by atoms with Crippen LogP contribution in [0.2, 0.25) is 0 Å². The number of alkyl halides is 3. The third-order valence-electron chi connectivity index (χ3n) is 4.43. The topological polar surface area (TPSA) is 106 Å². The smallest absolute Gasteiger partial charge is 0.321 e. The SMILES string of the molecule is Cc1cc(C(F)(F)Cl)n2nc(C(=O)Nc3ccc(NC(=O)c4ccn(C)n4)cc3)cc2n1. The molecule has 0 saturated carbocycles. The maximum atomic E-state index is 13.7. The highest BCUT2D eigenvalue weighted by atomic mass is 35.5. The van der Waals surface area contributed by atoms with Gasteiger partial charge in [0, 0.05) is 36.4 Å². The van der Waals surface area contributed by atoms with Crippen LogP contribution in [0, 0.1) is 6.92 Å². The molecule has 0 aliphatic carbocycles. The van der Waals surface area contributed by atoms with Crippen molar-refractivity contribution >= 4 is 40.4 Å². The molecule has 0 atom stereocenters. The first-order valence-electron chi connectivity index (χ1n) is 9.27. The van der Waals surface area contributed by atoms with Crippen LogP contribution < -0.4 is 10.6 Å². The molecule has 0 aliphatic rings. The summed E-state index contributed by atoms with van der Waals surface area (Å²) in [6.45, 7) is 1.53. The highest BCUT2D eigenvalue weighted by Crippen LogP contribution is 2.32. The van der Waals surface area contributed by atoms with E-state index in [1.807, 2.05) is 0 Å². The fourth-order valence-corrected chi connectivity index (χ4v) is 3.11. The Kier molecular flexibility index (Phi) is 5.35. The predicted molar refractivity (Wildman–Crippen MR) is 113 cm³/mol. The molecule has 3 aromatic heterocycles. The van der Waals surface area contributed by atoms with Gasteiger partial charge in [0.2, 0.25) is 0 Å². The average molecular weight is 460 g/mol. The van der Waals surface area contributed by atoms with Gasteiger partial charge in [-0.1, -0.05) is 0 Å². The zero-order chi connectivity index (χ0) is 23.0. The molecule has 2 amide bonds. The van der Waals surface area contributed by atoms with Crippen molar-refractivity contribution in [2.45, 2.75) is 12.3 Å². The Morgan fingerprint density at radius 1 is 0.969 bits per heavy atom. The van der Waals surface area contributed by atoms with E-state index in [4.69, 9.17) is 11.6 Å². The van der Waals surface area contributed by atoms with Gasteiger partial charge in [0.05, 0.1) is 0 Å². The molecule has 0 unspecified atom stereocenters. The number of halogens is 3. The van der Waals surface area contributed by atoms with E-state index >= 15 is 0 Å². The van der Waals surface area contributed by atoms with Crippen molar-refractivity contribution in [2.24, 2.45) is 7.05 Å². The Morgan fingerprint density at radius 2 is 1.56 bits per heavy atom. The van der Waals surface area contributed by atoms with Crippen molar-refractivity contribution in [3.63, 3.8) is 0 Å². The first-order valence-corrected chi connectivity index (χ1v) is 9.65. The molecule has 0 saturated heterocycles. The second-order valence-electron chi connectivity index (χ2n) is 6.94. The number of nitrogens with zero attached hydrogens (tertiary/aromatic N) is 5. The van der Waals surface area contributed by atoms with Crippen LogP contribution in [0.4, 0.5) is 20.2 Å². The fraction of sp³-hybridized carbons (Fsp3) is 0.150. The molecule has 3 heterocycles. The van der Waals surface area contributed by atoms with E-state index in [0.717, 1.165) is 10.6 Å². The number of benzene rings is 1. The van der Waals surface area contributed by atoms with Gasteiger partial charge in [-0.15, -0.1) is 0 Å². The van der Waals surface area contributed by atoms with Gasteiger partial charge in [0.15, 0.2) is 17.0 Å². The lowest BCUT2D eigenvalue weighted by Gasteiger charge is -2.10. The van der Waals surface area contributed by atoms with Gasteiger partial charge in [-0.25, -0.2) is 9.50 Å². The molecule has 0 bridgehead atoms. The van der Waals surface area contributed by atoms with Crippen molar-refractivity contribution in [3.05, 3.63) is 71.4 Å². The number of anilines is 2. The number of hydrogen-bond acceptors (Lipinski definition) is 5. The summed E-state index contributed by atoms with van der Waals surface area (Å²) in [4.78, 5) is 28.8. The van der Waals surface area contributed by atoms with Crippen LogP contribution in [0.25, 0.3) is 5.65 Å². The number of rotatable bonds is 5. The summed E-state index contributed by atoms with van der Waals surface area (Å²) >= 11 is 5.16. The van der Waals surface area contributed by atoms with Gasteiger partial charge < -0.3 is 10.6 Å². The number of carbonyl (C=O) groups excluding carboxylic acids is 2. The Hall–Kier alpha value is -3.86. The molecule has 4 rings (SSSR count). The molecular formula is C20H16ClF2N7O2. The van der Waals surface area contributed by atoms with Gasteiger partial charge in [0.1, 0.15) is 5.69 Å². The Bertz CT molecular complexity index is 1330. The Labute approximate surface area is 185 Å². The van der Waals surface area contributed by atoms with Gasteiger partial charge >= 0.3 is 5.38 Å². The largest absolute Gasteiger partial charge is 0.364 e. The van der Waals surface area contributed by atoms with Gasteiger partial charge in [-0.3, -0.25) is 14.3 Å². The second kappa shape index (κ2) is 8.00. The minimum absolute atomic E-state index is 0.0676. The number of fused-ring (bicyclic) bond motifs is 1. The highest BCUT2D eigenvalue weighted by Gasteiger charge is 2.32. The van der Waals surface area contributed by atoms with Gasteiger partial charge in [0.25, 0.3) is 11.8 Å². The highest BCUT2D eigenvalue weighted by molar-refractivity contribution is 6.21. The summed E-state index contributed by atoms with van der Waals surface area (Å²) in [6.07, 6.45) is 1.65. The molecule has 0 fully saturated rings. The van der Waals surface area contributed by atoms with E-state index in [9.17, 15) is 18.4 Å². The molecule has 12 heteroatoms. The number of nitrogens with one attached hydrogen (secondary N) is 2. The van der Waals surface area contributed by atoms with Crippen LogP contribution in [0.1, 0.15) is 32.4 Å². The summed E-state index contributed by atoms with van der Waals surface area (Å²) in [7, 11) is 1.70. The maximum absolute atomic E-state index is 13.7. The lowest BCUT2D eigenvalue weighted by molar-refractivity contribution is 0.0867. The van der Waals surface area contributed by atoms with Crippen LogP contribution in [-0.2, 0) is 12.4 Å². The third-order valence-corrected chi connectivity index (χ3v) is 4.62. The Balaban J connectivity index is 1.49. The monoisotopic (exact) mass is 459 g/mol. The number of aryl methyl sites for hydroxylation is 2. The van der Waals surface area contributed by atoms with E-state index in [1.165, 1.54) is 17.7 Å². The zero-order valence-electron chi connectivity index (χ0n) is 16.8. The number of carbonyl (C=O) groups is 2. The van der Waals surface area contributed by atoms with Crippen molar-refractivity contribution in [2.75, 3.05) is 10.6 Å². The van der Waals surface area contributed by atoms with Gasteiger partial charge in [-0.05, 0) is 54.9 Å². The minimum atomic E-state index is -3.68. The van der Waals surface area contributed by atoms with Crippen molar-refractivity contribution in [3.8, 4) is 0 Å². The van der Waals surface area contributed by atoms with Crippen molar-refractivity contribution in [1.82, 2.24) is 24.4 Å². The van der Waals surface area contributed by atoms with Crippen molar-refractivity contribution in [1.29, 1.82) is 0 Å². The van der Waals surface area contributed by atoms with Crippen LogP contribution in [0.5, 0.6) is 0 Å². The van der Waals surface area contributed by atoms with E-state index in [2.05, 4.69) is 25.8 Å². The molecule has 9 nitrogen and oxygen atoms in total. The molecular weight excluding hydrogens is 444 g/mol. The lowest BCUT2D eigenvalue weighted by atomic mass is 10.2. The van der Waals surface area contributed by atoms with E-state index in [0.29, 0.717) is 17.1 Å². The minimum Gasteiger partial charge on any atom is -0.321 e. The summed E-state index contributed by atoms with van der Waals surface area (Å²) < 4.78 is 29.8. The van der Waals surface area contributed by atoms with Crippen LogP contribution >= 0.6 is 11.6 Å². The van der Waals surface area contributed by atoms with E-state index in [-0.39, 0.29) is 22.9 Å². The molecule has 1 aromatic carbocycles. The maximum Gasteiger partial charge on any atom is 0.364 e. The first kappa shape index (κ1) is 21.4. The molecule has 164 valence electrons. The first-order chi connectivity index (χ1) is 15.1. The molecule has 0 radical (unpaired) electrons. The summed E-state index contributed by atoms with van der Waals surface area (Å²) in [5.74, 6) is -0.996. The van der Waals surface area contributed by atoms with E-state index < -0.39 is 17.0 Å². The zero-order valence-corrected chi connectivity index (χ0v) is 17.6. The number of aromatic nitrogens is 5. The van der Waals surface area contributed by atoms with Crippen LogP contribution in [0.15, 0.2) is 48.7 Å². The second-order valence-corrected chi connectivity index (χ2v) is 7.42. The van der Waals surface area contributed by atoms with Crippen LogP contribution in [-0.4, -0.2) is 36.2 Å². The molecule has 2 N–H and O–H groups in total. The van der Waals surface area contributed by atoms with Crippen LogP contribution in [0.3, 0.4) is 0 Å². The summed E-state index contributed by atoms with van der Waals surface area (Å²) in [5.41, 5.74) is 0.852. The number of amides is 2. The molecule has 4 aromatic rings. The Morgan fingerprint density at radius 3 is 2.09 bits per heavy atom. The predicted octanol–water partition coefficient (Wildman–Crippen LogP) is 3.56. The third kappa shape index (κ3) is 4.42. The molecule has 0 aliphatic heterocycles. The molecule has 0 spiro atoms. The number of hydrogen-bond donors (Lipinski definition) is 2. The average Bonchev–Trinajstić information content (AvgIpc) is 3.34. The lowest BCUT2D eigenvalue weighted by Crippen LogP contribution is -2.15. The standard InChI is InChI=1S/C20H16ClF2N7O2/c1-11-9-16(20(21,22)23)30-17(24-11)10-15(28-30)19(32)26-13-5-3-12(4-6-13)25-18(31)14-7-8-29(2)27-14/h3-10H,1-2H3,(H,25,31)(H,26,32). The normalized spacial score (nSPS) is 11.5. The quantitative estimate of drug-likeness (QED) is 0.444. The van der Waals surface area contributed by atoms with Crippen molar-refractivity contribution < 1.29 is 18.4 Å². The fourth-order valence-electron chi connectivity index (χ4n) is 2.98. The molecule has 32 heavy (non-hydrogen) atoms.